The van der Waals surface area contributed by atoms with Gasteiger partial charge in [0.1, 0.15) is 11.4 Å². The summed E-state index contributed by atoms with van der Waals surface area (Å²) in [6.45, 7) is 6.81. The van der Waals surface area contributed by atoms with Crippen molar-refractivity contribution in [1.29, 1.82) is 0 Å². The van der Waals surface area contributed by atoms with E-state index >= 15 is 0 Å². The Balaban J connectivity index is 2.12. The van der Waals surface area contributed by atoms with Gasteiger partial charge in [-0.3, -0.25) is 0 Å². The zero-order valence-corrected chi connectivity index (χ0v) is 14.2. The van der Waals surface area contributed by atoms with Crippen molar-refractivity contribution in [1.82, 2.24) is 4.90 Å². The van der Waals surface area contributed by atoms with Crippen LogP contribution in [0.25, 0.3) is 0 Å². The molecule has 1 aliphatic heterocycles. The lowest BCUT2D eigenvalue weighted by Gasteiger charge is -2.26. The summed E-state index contributed by atoms with van der Waals surface area (Å²) in [5.74, 6) is 0.356. The lowest BCUT2D eigenvalue weighted by atomic mass is 10.0. The van der Waals surface area contributed by atoms with Crippen LogP contribution in [0.5, 0.6) is 5.75 Å². The van der Waals surface area contributed by atoms with E-state index in [0.717, 1.165) is 21.1 Å². The minimum atomic E-state index is -0.478. The first-order chi connectivity index (χ1) is 9.28. The molecule has 5 heteroatoms. The molecular formula is C15H20INO3. The monoisotopic (exact) mass is 389 g/mol. The Morgan fingerprint density at radius 2 is 1.95 bits per heavy atom. The van der Waals surface area contributed by atoms with Crippen LogP contribution < -0.4 is 0 Å². The van der Waals surface area contributed by atoms with Crippen molar-refractivity contribution < 1.29 is 14.6 Å². The third-order valence-electron chi connectivity index (χ3n) is 3.27. The molecule has 2 rings (SSSR count). The van der Waals surface area contributed by atoms with E-state index in [-0.39, 0.29) is 6.09 Å². The van der Waals surface area contributed by atoms with Crippen molar-refractivity contribution in [2.24, 2.45) is 0 Å². The number of rotatable bonds is 0. The highest BCUT2D eigenvalue weighted by Crippen LogP contribution is 2.30. The molecule has 0 saturated heterocycles. The van der Waals surface area contributed by atoms with Crippen LogP contribution in [0, 0.1) is 3.57 Å². The molecule has 1 amide bonds. The van der Waals surface area contributed by atoms with Crippen molar-refractivity contribution >= 4 is 28.7 Å². The first-order valence-electron chi connectivity index (χ1n) is 6.75. The van der Waals surface area contributed by atoms with Crippen LogP contribution in [0.3, 0.4) is 0 Å². The Kier molecular flexibility index (Phi) is 4.46. The van der Waals surface area contributed by atoms with Gasteiger partial charge in [-0.1, -0.05) is 6.07 Å². The summed E-state index contributed by atoms with van der Waals surface area (Å²) in [4.78, 5) is 13.8. The molecule has 0 fully saturated rings. The fourth-order valence-electron chi connectivity index (χ4n) is 2.29. The van der Waals surface area contributed by atoms with Crippen LogP contribution in [0.4, 0.5) is 4.79 Å². The maximum Gasteiger partial charge on any atom is 0.410 e. The van der Waals surface area contributed by atoms with E-state index in [0.29, 0.717) is 25.3 Å². The molecular weight excluding hydrogens is 369 g/mol. The first kappa shape index (κ1) is 15.4. The third kappa shape index (κ3) is 3.56. The number of carbonyl (C=O) groups excluding carboxylic acids is 1. The summed E-state index contributed by atoms with van der Waals surface area (Å²) >= 11 is 2.12. The average Bonchev–Trinajstić information content (AvgIpc) is 2.54. The molecule has 0 unspecified atom stereocenters. The molecule has 0 radical (unpaired) electrons. The van der Waals surface area contributed by atoms with Crippen molar-refractivity contribution in [2.75, 3.05) is 13.1 Å². The van der Waals surface area contributed by atoms with Crippen molar-refractivity contribution in [3.05, 3.63) is 26.8 Å². The summed E-state index contributed by atoms with van der Waals surface area (Å²) in [5, 5.41) is 10.1. The standard InChI is InChI=1S/C15H20INO3/c1-15(2,3)20-14(19)17-8-6-10-4-5-12(16)13(18)11(10)7-9-17/h4-5,18H,6-9H2,1-3H3. The number of aromatic hydroxyl groups is 1. The minimum absolute atomic E-state index is 0.278. The molecule has 1 aromatic rings. The van der Waals surface area contributed by atoms with Crippen LogP contribution in [0.2, 0.25) is 0 Å². The van der Waals surface area contributed by atoms with Gasteiger partial charge in [-0.15, -0.1) is 0 Å². The third-order valence-corrected chi connectivity index (χ3v) is 4.14. The van der Waals surface area contributed by atoms with Crippen molar-refractivity contribution in [3.8, 4) is 5.75 Å². The second-order valence-corrected chi connectivity index (χ2v) is 7.16. The van der Waals surface area contributed by atoms with Crippen LogP contribution in [0.1, 0.15) is 31.9 Å². The van der Waals surface area contributed by atoms with Gasteiger partial charge in [-0.05, 0) is 73.4 Å². The summed E-state index contributed by atoms with van der Waals surface area (Å²) in [6.07, 6.45) is 1.13. The molecule has 1 aromatic carbocycles. The Labute approximate surface area is 133 Å². The molecule has 110 valence electrons. The highest BCUT2D eigenvalue weighted by molar-refractivity contribution is 14.1. The summed E-state index contributed by atoms with van der Waals surface area (Å²) < 4.78 is 6.26. The van der Waals surface area contributed by atoms with Gasteiger partial charge in [0.15, 0.2) is 0 Å². The van der Waals surface area contributed by atoms with E-state index in [4.69, 9.17) is 4.74 Å². The van der Waals surface area contributed by atoms with Gasteiger partial charge in [0.05, 0.1) is 3.57 Å². The summed E-state index contributed by atoms with van der Waals surface area (Å²) in [7, 11) is 0. The molecule has 0 atom stereocenters. The van der Waals surface area contributed by atoms with E-state index in [2.05, 4.69) is 22.6 Å². The Hall–Kier alpha value is -0.980. The van der Waals surface area contributed by atoms with Crippen LogP contribution >= 0.6 is 22.6 Å². The van der Waals surface area contributed by atoms with Gasteiger partial charge in [0.2, 0.25) is 0 Å². The molecule has 1 heterocycles. The van der Waals surface area contributed by atoms with Gasteiger partial charge in [-0.25, -0.2) is 4.79 Å². The predicted octanol–water partition coefficient (Wildman–Crippen LogP) is 3.33. The van der Waals surface area contributed by atoms with E-state index in [1.165, 1.54) is 0 Å². The number of halogens is 1. The number of fused-ring (bicyclic) bond motifs is 1. The largest absolute Gasteiger partial charge is 0.507 e. The van der Waals surface area contributed by atoms with Gasteiger partial charge < -0.3 is 14.7 Å². The van der Waals surface area contributed by atoms with E-state index in [1.807, 2.05) is 32.9 Å². The maximum atomic E-state index is 12.1. The molecule has 0 spiro atoms. The number of hydrogen-bond acceptors (Lipinski definition) is 3. The van der Waals surface area contributed by atoms with Crippen molar-refractivity contribution in [2.45, 2.75) is 39.2 Å². The fourth-order valence-corrected chi connectivity index (χ4v) is 2.79. The predicted molar refractivity (Wildman–Crippen MR) is 86.0 cm³/mol. The van der Waals surface area contributed by atoms with Crippen LogP contribution in [-0.2, 0) is 17.6 Å². The van der Waals surface area contributed by atoms with Crippen LogP contribution in [-0.4, -0.2) is 34.8 Å². The Morgan fingerprint density at radius 1 is 1.30 bits per heavy atom. The average molecular weight is 389 g/mol. The molecule has 20 heavy (non-hydrogen) atoms. The Bertz CT molecular complexity index is 523. The zero-order chi connectivity index (χ0) is 14.9. The molecule has 1 N–H and O–H groups in total. The van der Waals surface area contributed by atoms with Crippen LogP contribution in [0.15, 0.2) is 12.1 Å². The molecule has 0 aliphatic carbocycles. The van der Waals surface area contributed by atoms with Gasteiger partial charge in [0.25, 0.3) is 0 Å². The number of hydrogen-bond donors (Lipinski definition) is 1. The molecule has 4 nitrogen and oxygen atoms in total. The van der Waals surface area contributed by atoms with Gasteiger partial charge in [-0.2, -0.15) is 0 Å². The van der Waals surface area contributed by atoms with E-state index in [1.54, 1.807) is 4.90 Å². The number of ether oxygens (including phenoxy) is 1. The lowest BCUT2D eigenvalue weighted by Crippen LogP contribution is -2.38. The van der Waals surface area contributed by atoms with Crippen molar-refractivity contribution in [3.63, 3.8) is 0 Å². The van der Waals surface area contributed by atoms with E-state index in [9.17, 15) is 9.90 Å². The maximum absolute atomic E-state index is 12.1. The highest BCUT2D eigenvalue weighted by Gasteiger charge is 2.25. The molecule has 1 aliphatic rings. The highest BCUT2D eigenvalue weighted by atomic mass is 127. The number of phenols is 1. The number of benzene rings is 1. The Morgan fingerprint density at radius 3 is 2.60 bits per heavy atom. The normalized spacial score (nSPS) is 15.5. The number of amides is 1. The second-order valence-electron chi connectivity index (χ2n) is 6.00. The fraction of sp³-hybridized carbons (Fsp3) is 0.533. The number of carbonyl (C=O) groups is 1. The first-order valence-corrected chi connectivity index (χ1v) is 7.83. The smallest absolute Gasteiger partial charge is 0.410 e. The summed E-state index contributed by atoms with van der Waals surface area (Å²) in [6, 6.07) is 3.95. The number of nitrogens with zero attached hydrogens (tertiary/aromatic N) is 1. The van der Waals surface area contributed by atoms with Gasteiger partial charge in [0, 0.05) is 13.1 Å². The lowest BCUT2D eigenvalue weighted by molar-refractivity contribution is 0.0258. The minimum Gasteiger partial charge on any atom is -0.507 e. The van der Waals surface area contributed by atoms with E-state index < -0.39 is 5.60 Å². The topological polar surface area (TPSA) is 49.8 Å². The quantitative estimate of drug-likeness (QED) is 0.693. The summed E-state index contributed by atoms with van der Waals surface area (Å²) in [5.41, 5.74) is 1.60. The molecule has 0 aromatic heterocycles. The number of phenolic OH excluding ortho intramolecular Hbond substituents is 1. The SMILES string of the molecule is CC(C)(C)OC(=O)N1CCc2ccc(I)c(O)c2CC1. The molecule has 0 bridgehead atoms. The zero-order valence-electron chi connectivity index (χ0n) is 12.1. The van der Waals surface area contributed by atoms with Gasteiger partial charge >= 0.3 is 6.09 Å². The molecule has 0 saturated carbocycles. The second kappa shape index (κ2) is 5.79.